The zero-order chi connectivity index (χ0) is 23.5. The van der Waals surface area contributed by atoms with Crippen molar-refractivity contribution >= 4 is 34.4 Å². The van der Waals surface area contributed by atoms with E-state index >= 15 is 0 Å². The molecule has 1 unspecified atom stereocenters. The number of rotatable bonds is 5. The summed E-state index contributed by atoms with van der Waals surface area (Å²) in [6.07, 6.45) is 11.2. The van der Waals surface area contributed by atoms with Crippen LogP contribution in [0.2, 0.25) is 0 Å². The van der Waals surface area contributed by atoms with Gasteiger partial charge in [0.15, 0.2) is 0 Å². The molecule has 3 N–H and O–H groups in total. The second kappa shape index (κ2) is 9.01. The molecule has 2 aromatic heterocycles. The number of benzene rings is 1. The molecule has 8 heteroatoms. The summed E-state index contributed by atoms with van der Waals surface area (Å²) in [6, 6.07) is 9.87. The van der Waals surface area contributed by atoms with Crippen LogP contribution in [0.3, 0.4) is 0 Å². The first kappa shape index (κ1) is 21.8. The second-order valence-corrected chi connectivity index (χ2v) is 7.83. The van der Waals surface area contributed by atoms with Gasteiger partial charge >= 0.3 is 0 Å². The Morgan fingerprint density at radius 1 is 1.24 bits per heavy atom. The lowest BCUT2D eigenvalue weighted by molar-refractivity contribution is -0.138. The number of fused-ring (bicyclic) bond motifs is 1. The summed E-state index contributed by atoms with van der Waals surface area (Å²) < 4.78 is 1.66. The molecule has 0 bridgehead atoms. The summed E-state index contributed by atoms with van der Waals surface area (Å²) >= 11 is 0. The molecule has 0 radical (unpaired) electrons. The normalized spacial score (nSPS) is 15.3. The molecule has 0 fully saturated rings. The number of carbonyl (C=O) groups excluding carboxylic acids is 3. The Bertz CT molecular complexity index is 1330. The summed E-state index contributed by atoms with van der Waals surface area (Å²) in [5.41, 5.74) is 7.87. The third-order valence-corrected chi connectivity index (χ3v) is 5.59. The number of amides is 3. The lowest BCUT2D eigenvalue weighted by atomic mass is 10.1. The fraction of sp³-hybridized carbons (Fsp3) is 0.200. The van der Waals surface area contributed by atoms with Gasteiger partial charge in [-0.1, -0.05) is 24.1 Å². The molecular formula is C25H23N5O3. The number of terminal acetylenes is 1. The van der Waals surface area contributed by atoms with Crippen LogP contribution >= 0.6 is 0 Å². The molecule has 1 aliphatic rings. The Hall–Kier alpha value is -4.38. The van der Waals surface area contributed by atoms with Crippen LogP contribution in [0.25, 0.3) is 10.9 Å². The van der Waals surface area contributed by atoms with Gasteiger partial charge in [-0.15, -0.1) is 6.42 Å². The molecule has 1 aliphatic heterocycles. The van der Waals surface area contributed by atoms with Crippen molar-refractivity contribution in [1.82, 2.24) is 14.5 Å². The minimum absolute atomic E-state index is 0.0561. The third kappa shape index (κ3) is 4.48. The number of aromatic nitrogens is 2. The van der Waals surface area contributed by atoms with Gasteiger partial charge in [0.2, 0.25) is 11.8 Å². The van der Waals surface area contributed by atoms with Gasteiger partial charge in [-0.05, 0) is 43.7 Å². The monoisotopic (exact) mass is 441 g/mol. The number of anilines is 1. The average Bonchev–Trinajstić information content (AvgIpc) is 3.16. The minimum Gasteiger partial charge on any atom is -0.366 e. The first-order valence-corrected chi connectivity index (χ1v) is 10.5. The van der Waals surface area contributed by atoms with Gasteiger partial charge in [0, 0.05) is 34.9 Å². The molecule has 8 nitrogen and oxygen atoms in total. The van der Waals surface area contributed by atoms with Crippen LogP contribution in [-0.4, -0.2) is 44.8 Å². The van der Waals surface area contributed by atoms with E-state index in [1.54, 1.807) is 41.1 Å². The van der Waals surface area contributed by atoms with Crippen molar-refractivity contribution in [2.24, 2.45) is 5.73 Å². The number of hydrogen-bond donors (Lipinski definition) is 2. The first-order chi connectivity index (χ1) is 15.9. The van der Waals surface area contributed by atoms with Crippen molar-refractivity contribution in [3.63, 3.8) is 0 Å². The maximum Gasteiger partial charge on any atom is 0.250 e. The molecule has 3 amide bonds. The molecule has 0 aliphatic carbocycles. The van der Waals surface area contributed by atoms with Gasteiger partial charge < -0.3 is 20.5 Å². The lowest BCUT2D eigenvalue weighted by Gasteiger charge is -2.32. The van der Waals surface area contributed by atoms with E-state index in [-0.39, 0.29) is 23.9 Å². The van der Waals surface area contributed by atoms with E-state index in [2.05, 4.69) is 16.2 Å². The van der Waals surface area contributed by atoms with E-state index in [1.807, 2.05) is 25.1 Å². The van der Waals surface area contributed by atoms with Gasteiger partial charge in [0.05, 0.1) is 5.56 Å². The quantitative estimate of drug-likeness (QED) is 0.467. The summed E-state index contributed by atoms with van der Waals surface area (Å²) in [5.74, 6) is 1.80. The van der Waals surface area contributed by atoms with Gasteiger partial charge in [-0.2, -0.15) is 0 Å². The molecule has 4 rings (SSSR count). The molecule has 1 aromatic carbocycles. The number of carbonyl (C=O) groups is 3. The molecule has 1 atom stereocenters. The molecule has 0 spiro atoms. The maximum atomic E-state index is 13.3. The molecule has 33 heavy (non-hydrogen) atoms. The largest absolute Gasteiger partial charge is 0.366 e. The topological polar surface area (TPSA) is 110 Å². The maximum absolute atomic E-state index is 13.3. The third-order valence-electron chi connectivity index (χ3n) is 5.59. The number of nitrogens with zero attached hydrogens (tertiary/aromatic N) is 3. The van der Waals surface area contributed by atoms with Crippen LogP contribution < -0.4 is 11.1 Å². The summed E-state index contributed by atoms with van der Waals surface area (Å²) in [5, 5.41) is 3.39. The Morgan fingerprint density at radius 3 is 2.79 bits per heavy atom. The van der Waals surface area contributed by atoms with E-state index in [0.29, 0.717) is 35.2 Å². The lowest BCUT2D eigenvalue weighted by Crippen LogP contribution is -2.49. The highest BCUT2D eigenvalue weighted by molar-refractivity contribution is 6.07. The van der Waals surface area contributed by atoms with Crippen molar-refractivity contribution in [1.29, 1.82) is 0 Å². The van der Waals surface area contributed by atoms with Crippen LogP contribution in [-0.2, 0) is 16.1 Å². The molecule has 3 heterocycles. The van der Waals surface area contributed by atoms with Crippen molar-refractivity contribution < 1.29 is 14.4 Å². The van der Waals surface area contributed by atoms with Crippen LogP contribution in [0.4, 0.5) is 5.82 Å². The van der Waals surface area contributed by atoms with Crippen LogP contribution in [0, 0.1) is 19.3 Å². The zero-order valence-corrected chi connectivity index (χ0v) is 18.1. The van der Waals surface area contributed by atoms with Gasteiger partial charge in [0.1, 0.15) is 18.4 Å². The molecule has 166 valence electrons. The minimum atomic E-state index is -0.671. The summed E-state index contributed by atoms with van der Waals surface area (Å²) in [7, 11) is 0. The number of pyridine rings is 1. The fourth-order valence-electron chi connectivity index (χ4n) is 3.96. The highest BCUT2D eigenvalue weighted by atomic mass is 16.2. The highest BCUT2D eigenvalue weighted by Crippen LogP contribution is 2.24. The molecule has 0 saturated heterocycles. The van der Waals surface area contributed by atoms with E-state index in [4.69, 9.17) is 12.2 Å². The Balaban J connectivity index is 1.58. The van der Waals surface area contributed by atoms with Crippen LogP contribution in [0.15, 0.2) is 54.7 Å². The van der Waals surface area contributed by atoms with Gasteiger partial charge in [-0.3, -0.25) is 14.4 Å². The van der Waals surface area contributed by atoms with Crippen molar-refractivity contribution in [3.8, 4) is 12.3 Å². The van der Waals surface area contributed by atoms with Crippen LogP contribution in [0.1, 0.15) is 28.0 Å². The predicted molar refractivity (Wildman–Crippen MR) is 125 cm³/mol. The molecule has 0 saturated carbocycles. The number of nitrogens with one attached hydrogen (secondary N) is 1. The summed E-state index contributed by atoms with van der Waals surface area (Å²) in [4.78, 5) is 44.0. The van der Waals surface area contributed by atoms with E-state index in [0.717, 1.165) is 5.69 Å². The Kier molecular flexibility index (Phi) is 5.96. The van der Waals surface area contributed by atoms with Crippen molar-refractivity contribution in [2.75, 3.05) is 11.9 Å². The van der Waals surface area contributed by atoms with E-state index in [9.17, 15) is 14.4 Å². The zero-order valence-electron chi connectivity index (χ0n) is 18.1. The van der Waals surface area contributed by atoms with E-state index < -0.39 is 11.9 Å². The second-order valence-electron chi connectivity index (χ2n) is 7.83. The smallest absolute Gasteiger partial charge is 0.250 e. The van der Waals surface area contributed by atoms with Gasteiger partial charge in [0.25, 0.3) is 5.91 Å². The van der Waals surface area contributed by atoms with E-state index in [1.165, 1.54) is 4.90 Å². The Morgan fingerprint density at radius 2 is 2.06 bits per heavy atom. The first-order valence-electron chi connectivity index (χ1n) is 10.5. The predicted octanol–water partition coefficient (Wildman–Crippen LogP) is 2.22. The standard InChI is InChI=1S/C25H23N5O3/c1-3-17-10-11-20-18(13-17)19(24(26)32)14-29(20)15-23(31)30-12-5-4-8-21(30)25(33)28-22-9-6-7-16(2)27-22/h1,4-7,9-11,13-14,21H,8,12,15H2,2H3,(H2,26,32)(H,27,28,33). The highest BCUT2D eigenvalue weighted by Gasteiger charge is 2.31. The fourth-order valence-corrected chi connectivity index (χ4v) is 3.96. The SMILES string of the molecule is C#Cc1ccc2c(c1)c(C(N)=O)cn2CC(=O)N1CC=CCC1C(=O)Nc1cccc(C)n1. The number of nitrogens with two attached hydrogens (primary N) is 1. The molecule has 3 aromatic rings. The average molecular weight is 441 g/mol. The van der Waals surface area contributed by atoms with Gasteiger partial charge in [-0.25, -0.2) is 4.98 Å². The number of aryl methyl sites for hydroxylation is 1. The Labute approximate surface area is 191 Å². The van der Waals surface area contributed by atoms with Crippen LogP contribution in [0.5, 0.6) is 0 Å². The molecular weight excluding hydrogens is 418 g/mol. The summed E-state index contributed by atoms with van der Waals surface area (Å²) in [6.45, 7) is 2.09. The van der Waals surface area contributed by atoms with Crippen molar-refractivity contribution in [3.05, 3.63) is 71.6 Å². The van der Waals surface area contributed by atoms with Crippen molar-refractivity contribution in [2.45, 2.75) is 25.9 Å². The number of hydrogen-bond acceptors (Lipinski definition) is 4. The number of primary amides is 1.